The van der Waals surface area contributed by atoms with Crippen molar-refractivity contribution < 1.29 is 24.2 Å². The van der Waals surface area contributed by atoms with E-state index in [9.17, 15) is 19.5 Å². The zero-order chi connectivity index (χ0) is 20.1. The number of esters is 1. The summed E-state index contributed by atoms with van der Waals surface area (Å²) in [5.74, 6) is -2.11. The van der Waals surface area contributed by atoms with Crippen molar-refractivity contribution in [1.82, 2.24) is 15.3 Å². The van der Waals surface area contributed by atoms with E-state index in [-0.39, 0.29) is 17.7 Å². The number of fused-ring (bicyclic) bond motifs is 1. The van der Waals surface area contributed by atoms with E-state index in [4.69, 9.17) is 4.74 Å². The van der Waals surface area contributed by atoms with Gasteiger partial charge < -0.3 is 15.2 Å². The zero-order valence-electron chi connectivity index (χ0n) is 15.0. The van der Waals surface area contributed by atoms with Crippen LogP contribution in [0.2, 0.25) is 0 Å². The predicted octanol–water partition coefficient (Wildman–Crippen LogP) is 1.98. The van der Waals surface area contributed by atoms with Gasteiger partial charge in [-0.25, -0.2) is 9.78 Å². The van der Waals surface area contributed by atoms with Gasteiger partial charge in [0.2, 0.25) is 0 Å². The highest BCUT2D eigenvalue weighted by Gasteiger charge is 2.22. The van der Waals surface area contributed by atoms with Crippen molar-refractivity contribution in [2.24, 2.45) is 0 Å². The lowest BCUT2D eigenvalue weighted by Crippen LogP contribution is -2.42. The molecule has 0 aliphatic rings. The second-order valence-electron chi connectivity index (χ2n) is 6.04. The van der Waals surface area contributed by atoms with Crippen LogP contribution in [0.5, 0.6) is 5.75 Å². The maximum absolute atomic E-state index is 12.4. The average Bonchev–Trinajstić information content (AvgIpc) is 2.67. The Morgan fingerprint density at radius 1 is 1.11 bits per heavy atom. The molecule has 3 aromatic rings. The van der Waals surface area contributed by atoms with E-state index in [1.54, 1.807) is 12.1 Å². The van der Waals surface area contributed by atoms with Crippen LogP contribution < -0.4 is 10.1 Å². The molecule has 0 aliphatic carbocycles. The van der Waals surface area contributed by atoms with E-state index in [0.717, 1.165) is 0 Å². The van der Waals surface area contributed by atoms with Crippen LogP contribution in [0.3, 0.4) is 0 Å². The topological polar surface area (TPSA) is 118 Å². The van der Waals surface area contributed by atoms with Gasteiger partial charge in [0.1, 0.15) is 11.8 Å². The number of carboxylic acids is 1. The summed E-state index contributed by atoms with van der Waals surface area (Å²) in [5, 5.41) is 11.9. The number of carboxylic acid groups (broad SMARTS) is 1. The first-order chi connectivity index (χ1) is 13.4. The Labute approximate surface area is 160 Å². The fourth-order valence-corrected chi connectivity index (χ4v) is 2.61. The van der Waals surface area contributed by atoms with E-state index in [1.807, 2.05) is 12.1 Å². The summed E-state index contributed by atoms with van der Waals surface area (Å²) in [7, 11) is 0. The Hall–Kier alpha value is -3.81. The molecule has 0 saturated heterocycles. The number of hydrogen-bond donors (Lipinski definition) is 2. The summed E-state index contributed by atoms with van der Waals surface area (Å²) < 4.78 is 4.94. The molecular formula is C20H17N3O5. The van der Waals surface area contributed by atoms with Crippen molar-refractivity contribution in [2.75, 3.05) is 0 Å². The molecule has 0 bridgehead atoms. The number of amides is 1. The number of nitrogens with one attached hydrogen (secondary N) is 1. The quantitative estimate of drug-likeness (QED) is 0.496. The van der Waals surface area contributed by atoms with E-state index in [0.29, 0.717) is 16.7 Å². The second-order valence-corrected chi connectivity index (χ2v) is 6.04. The number of benzene rings is 2. The van der Waals surface area contributed by atoms with Gasteiger partial charge >= 0.3 is 11.9 Å². The largest absolute Gasteiger partial charge is 0.480 e. The molecule has 1 amide bonds. The molecule has 8 nitrogen and oxygen atoms in total. The number of aliphatic carboxylic acids is 1. The molecular weight excluding hydrogens is 362 g/mol. The van der Waals surface area contributed by atoms with Crippen molar-refractivity contribution in [1.29, 1.82) is 0 Å². The van der Waals surface area contributed by atoms with Crippen molar-refractivity contribution in [3.05, 3.63) is 66.0 Å². The third-order valence-electron chi connectivity index (χ3n) is 3.87. The van der Waals surface area contributed by atoms with Crippen molar-refractivity contribution >= 4 is 28.9 Å². The van der Waals surface area contributed by atoms with Gasteiger partial charge in [0.15, 0.2) is 0 Å². The van der Waals surface area contributed by atoms with E-state index < -0.39 is 23.9 Å². The minimum absolute atomic E-state index is 0.0253. The third kappa shape index (κ3) is 4.67. The minimum Gasteiger partial charge on any atom is -0.480 e. The maximum atomic E-state index is 12.4. The molecule has 3 rings (SSSR count). The van der Waals surface area contributed by atoms with Crippen LogP contribution in [-0.2, 0) is 16.0 Å². The molecule has 0 saturated carbocycles. The minimum atomic E-state index is -1.19. The van der Waals surface area contributed by atoms with Gasteiger partial charge in [-0.3, -0.25) is 14.6 Å². The number of rotatable bonds is 6. The van der Waals surface area contributed by atoms with E-state index in [1.165, 1.54) is 37.4 Å². The van der Waals surface area contributed by atoms with Gasteiger partial charge in [-0.1, -0.05) is 18.2 Å². The normalized spacial score (nSPS) is 11.6. The Kier molecular flexibility index (Phi) is 5.59. The molecule has 2 N–H and O–H groups in total. The third-order valence-corrected chi connectivity index (χ3v) is 3.87. The molecule has 0 unspecified atom stereocenters. The summed E-state index contributed by atoms with van der Waals surface area (Å²) in [6, 6.07) is 12.0. The second kappa shape index (κ2) is 8.26. The number of aromatic nitrogens is 2. The SMILES string of the molecule is CC(=O)Oc1cccc(C(=O)N[C@H](Cc2cnc3ccccc3n2)C(=O)O)c1. The first kappa shape index (κ1) is 19.0. The summed E-state index contributed by atoms with van der Waals surface area (Å²) >= 11 is 0. The fourth-order valence-electron chi connectivity index (χ4n) is 2.61. The lowest BCUT2D eigenvalue weighted by molar-refractivity contribution is -0.139. The molecule has 0 aliphatic heterocycles. The van der Waals surface area contributed by atoms with Gasteiger partial charge in [-0.15, -0.1) is 0 Å². The smallest absolute Gasteiger partial charge is 0.326 e. The fraction of sp³-hybridized carbons (Fsp3) is 0.150. The zero-order valence-corrected chi connectivity index (χ0v) is 15.0. The first-order valence-electron chi connectivity index (χ1n) is 8.45. The first-order valence-corrected chi connectivity index (χ1v) is 8.45. The number of para-hydroxylation sites is 2. The lowest BCUT2D eigenvalue weighted by atomic mass is 10.1. The van der Waals surface area contributed by atoms with Crippen LogP contribution in [-0.4, -0.2) is 39.0 Å². The molecule has 1 atom stereocenters. The predicted molar refractivity (Wildman–Crippen MR) is 99.9 cm³/mol. The Balaban J connectivity index is 1.76. The van der Waals surface area contributed by atoms with Crippen LogP contribution in [0, 0.1) is 0 Å². The summed E-state index contributed by atoms with van der Waals surface area (Å²) in [5.41, 5.74) is 1.96. The van der Waals surface area contributed by atoms with Crippen LogP contribution in [0.15, 0.2) is 54.7 Å². The molecule has 1 aromatic heterocycles. The van der Waals surface area contributed by atoms with Crippen LogP contribution >= 0.6 is 0 Å². The molecule has 0 radical (unpaired) electrons. The molecule has 0 fully saturated rings. The van der Waals surface area contributed by atoms with Crippen molar-refractivity contribution in [2.45, 2.75) is 19.4 Å². The monoisotopic (exact) mass is 379 g/mol. The Bertz CT molecular complexity index is 1050. The number of nitrogens with zero attached hydrogens (tertiary/aromatic N) is 2. The molecule has 1 heterocycles. The number of ether oxygens (including phenoxy) is 1. The molecule has 28 heavy (non-hydrogen) atoms. The number of carbonyl (C=O) groups is 3. The molecule has 142 valence electrons. The molecule has 8 heteroatoms. The van der Waals surface area contributed by atoms with Gasteiger partial charge in [0.25, 0.3) is 5.91 Å². The Morgan fingerprint density at radius 2 is 1.86 bits per heavy atom. The number of hydrogen-bond acceptors (Lipinski definition) is 6. The van der Waals surface area contributed by atoms with Crippen LogP contribution in [0.4, 0.5) is 0 Å². The average molecular weight is 379 g/mol. The van der Waals surface area contributed by atoms with Crippen LogP contribution in [0.1, 0.15) is 23.0 Å². The lowest BCUT2D eigenvalue weighted by Gasteiger charge is -2.14. The van der Waals surface area contributed by atoms with Gasteiger partial charge in [-0.2, -0.15) is 0 Å². The number of carbonyl (C=O) groups excluding carboxylic acids is 2. The standard InChI is InChI=1S/C20H17N3O5/c1-12(24)28-15-6-4-5-13(9-15)19(25)23-18(20(26)27)10-14-11-21-16-7-2-3-8-17(16)22-14/h2-9,11,18H,10H2,1H3,(H,23,25)(H,26,27)/t18-/m1/s1. The van der Waals surface area contributed by atoms with Gasteiger partial charge in [0, 0.05) is 25.1 Å². The molecule has 0 spiro atoms. The highest BCUT2D eigenvalue weighted by Crippen LogP contribution is 2.14. The van der Waals surface area contributed by atoms with Crippen molar-refractivity contribution in [3.8, 4) is 5.75 Å². The maximum Gasteiger partial charge on any atom is 0.326 e. The summed E-state index contributed by atoms with van der Waals surface area (Å²) in [4.78, 5) is 43.8. The van der Waals surface area contributed by atoms with E-state index in [2.05, 4.69) is 15.3 Å². The van der Waals surface area contributed by atoms with E-state index >= 15 is 0 Å². The summed E-state index contributed by atoms with van der Waals surface area (Å²) in [6.07, 6.45) is 1.47. The molecule has 2 aromatic carbocycles. The highest BCUT2D eigenvalue weighted by molar-refractivity contribution is 5.97. The van der Waals surface area contributed by atoms with Crippen molar-refractivity contribution in [3.63, 3.8) is 0 Å². The summed E-state index contributed by atoms with van der Waals surface area (Å²) in [6.45, 7) is 1.25. The Morgan fingerprint density at radius 3 is 2.57 bits per heavy atom. The van der Waals surface area contributed by atoms with Gasteiger partial charge in [0.05, 0.1) is 16.7 Å². The van der Waals surface area contributed by atoms with Crippen LogP contribution in [0.25, 0.3) is 11.0 Å². The highest BCUT2D eigenvalue weighted by atomic mass is 16.5. The van der Waals surface area contributed by atoms with Gasteiger partial charge in [-0.05, 0) is 30.3 Å².